The van der Waals surface area contributed by atoms with Crippen LogP contribution in [-0.4, -0.2) is 46.1 Å². The lowest BCUT2D eigenvalue weighted by atomic mass is 10.3. The van der Waals surface area contributed by atoms with Crippen molar-refractivity contribution in [2.75, 3.05) is 34.0 Å². The second kappa shape index (κ2) is 7.97. The van der Waals surface area contributed by atoms with E-state index in [1.165, 1.54) is 7.11 Å². The zero-order valence-electron chi connectivity index (χ0n) is 8.12. The largest absolute Gasteiger partial charge is 0.468 e. The van der Waals surface area contributed by atoms with Crippen molar-refractivity contribution < 1.29 is 19.0 Å². The minimum Gasteiger partial charge on any atom is -0.468 e. The van der Waals surface area contributed by atoms with E-state index < -0.39 is 0 Å². The summed E-state index contributed by atoms with van der Waals surface area (Å²) in [5.74, 6) is -0.380. The Bertz CT molecular complexity index is 128. The van der Waals surface area contributed by atoms with Gasteiger partial charge in [0, 0.05) is 13.7 Å². The minimum atomic E-state index is -0.380. The molecule has 1 unspecified atom stereocenters. The van der Waals surface area contributed by atoms with Crippen LogP contribution in [0.1, 0.15) is 6.42 Å². The van der Waals surface area contributed by atoms with Crippen LogP contribution in [-0.2, 0) is 19.0 Å². The predicted octanol–water partition coefficient (Wildman–Crippen LogP) is -0.460. The van der Waals surface area contributed by atoms with Gasteiger partial charge in [-0.05, 0) is 6.42 Å². The third-order valence-electron chi connectivity index (χ3n) is 1.62. The van der Waals surface area contributed by atoms with E-state index in [2.05, 4.69) is 4.74 Å². The molecule has 0 radical (unpaired) electrons. The summed E-state index contributed by atoms with van der Waals surface area (Å²) in [6.45, 7) is 1.63. The molecule has 1 saturated heterocycles. The summed E-state index contributed by atoms with van der Waals surface area (Å²) in [6.07, 6.45) is 1.44. The first-order valence-electron chi connectivity index (χ1n) is 4.12. The van der Waals surface area contributed by atoms with Crippen molar-refractivity contribution in [1.29, 1.82) is 0 Å². The molecule has 1 rings (SSSR count). The lowest BCUT2D eigenvalue weighted by molar-refractivity contribution is -0.138. The Morgan fingerprint density at radius 2 is 2.31 bits per heavy atom. The highest BCUT2D eigenvalue weighted by atomic mass is 16.5. The molecule has 0 aromatic heterocycles. The molecule has 78 valence electrons. The van der Waals surface area contributed by atoms with Crippen molar-refractivity contribution in [3.8, 4) is 0 Å². The molecule has 0 amide bonds. The van der Waals surface area contributed by atoms with Crippen LogP contribution >= 0.6 is 0 Å². The first-order valence-corrected chi connectivity index (χ1v) is 4.12. The number of carbonyl (C=O) groups excluding carboxylic acids is 1. The van der Waals surface area contributed by atoms with E-state index in [0.717, 1.165) is 19.6 Å². The Morgan fingerprint density at radius 1 is 1.62 bits per heavy atom. The Hall–Kier alpha value is -0.650. The van der Waals surface area contributed by atoms with Crippen molar-refractivity contribution in [2.24, 2.45) is 5.73 Å². The Kier molecular flexibility index (Phi) is 7.57. The number of hydrogen-bond donors (Lipinski definition) is 1. The van der Waals surface area contributed by atoms with Gasteiger partial charge in [0.05, 0.1) is 26.4 Å². The number of hydrogen-bond acceptors (Lipinski definition) is 5. The van der Waals surface area contributed by atoms with Gasteiger partial charge in [0.2, 0.25) is 0 Å². The molecule has 1 aliphatic rings. The van der Waals surface area contributed by atoms with Gasteiger partial charge in [-0.2, -0.15) is 0 Å². The molecule has 0 saturated carbocycles. The lowest BCUT2D eigenvalue weighted by Gasteiger charge is -2.00. The normalized spacial score (nSPS) is 20.4. The summed E-state index contributed by atoms with van der Waals surface area (Å²) in [5.41, 5.74) is 4.81. The molecular formula is C8H17NO4. The Labute approximate surface area is 78.1 Å². The first-order chi connectivity index (χ1) is 6.24. The molecule has 1 atom stereocenters. The zero-order valence-corrected chi connectivity index (χ0v) is 8.12. The van der Waals surface area contributed by atoms with E-state index in [1.807, 2.05) is 0 Å². The summed E-state index contributed by atoms with van der Waals surface area (Å²) in [4.78, 5) is 9.83. The third kappa shape index (κ3) is 6.51. The van der Waals surface area contributed by atoms with Crippen molar-refractivity contribution in [3.05, 3.63) is 0 Å². The third-order valence-corrected chi connectivity index (χ3v) is 1.62. The molecule has 0 bridgehead atoms. The van der Waals surface area contributed by atoms with Gasteiger partial charge in [-0.15, -0.1) is 0 Å². The van der Waals surface area contributed by atoms with E-state index in [4.69, 9.17) is 15.2 Å². The molecule has 0 aromatic carbocycles. The van der Waals surface area contributed by atoms with Crippen LogP contribution in [0.25, 0.3) is 0 Å². The standard InChI is InChI=1S/C5H10O2.C3H7NO2/c1-6-5-2-3-7-4-5;1-6-3(5)2-4/h5H,2-4H2,1H3;2,4H2,1H3. The molecule has 2 N–H and O–H groups in total. The predicted molar refractivity (Wildman–Crippen MR) is 47.3 cm³/mol. The topological polar surface area (TPSA) is 70.8 Å². The fourth-order valence-corrected chi connectivity index (χ4v) is 0.782. The van der Waals surface area contributed by atoms with Gasteiger partial charge in [0.1, 0.15) is 0 Å². The highest BCUT2D eigenvalue weighted by molar-refractivity contribution is 5.70. The van der Waals surface area contributed by atoms with E-state index in [1.54, 1.807) is 7.11 Å². The molecule has 0 aliphatic carbocycles. The fourth-order valence-electron chi connectivity index (χ4n) is 0.782. The highest BCUT2D eigenvalue weighted by Crippen LogP contribution is 2.05. The summed E-state index contributed by atoms with van der Waals surface area (Å²) in [5, 5.41) is 0. The molecule has 5 nitrogen and oxygen atoms in total. The van der Waals surface area contributed by atoms with Crippen LogP contribution in [0.3, 0.4) is 0 Å². The molecular weight excluding hydrogens is 174 g/mol. The van der Waals surface area contributed by atoms with Crippen LogP contribution in [0.2, 0.25) is 0 Å². The maximum atomic E-state index is 9.83. The number of ether oxygens (including phenoxy) is 3. The fraction of sp³-hybridized carbons (Fsp3) is 0.875. The number of nitrogens with two attached hydrogens (primary N) is 1. The SMILES string of the molecule is COC(=O)CN.COC1CCOC1. The van der Waals surface area contributed by atoms with Gasteiger partial charge >= 0.3 is 5.97 Å². The minimum absolute atomic E-state index is 0.0312. The quantitative estimate of drug-likeness (QED) is 0.598. The highest BCUT2D eigenvalue weighted by Gasteiger charge is 2.12. The van der Waals surface area contributed by atoms with Crippen molar-refractivity contribution in [1.82, 2.24) is 0 Å². The van der Waals surface area contributed by atoms with Gasteiger partial charge < -0.3 is 19.9 Å². The van der Waals surface area contributed by atoms with Crippen LogP contribution < -0.4 is 5.73 Å². The van der Waals surface area contributed by atoms with Gasteiger partial charge in [0.15, 0.2) is 0 Å². The monoisotopic (exact) mass is 191 g/mol. The number of methoxy groups -OCH3 is 2. The maximum Gasteiger partial charge on any atom is 0.319 e. The maximum absolute atomic E-state index is 9.83. The van der Waals surface area contributed by atoms with E-state index in [0.29, 0.717) is 6.10 Å². The van der Waals surface area contributed by atoms with E-state index in [9.17, 15) is 4.79 Å². The molecule has 1 aliphatic heterocycles. The average molecular weight is 191 g/mol. The first kappa shape index (κ1) is 12.3. The second-order valence-corrected chi connectivity index (χ2v) is 2.50. The van der Waals surface area contributed by atoms with Gasteiger partial charge in [-0.25, -0.2) is 0 Å². The molecule has 0 aromatic rings. The smallest absolute Gasteiger partial charge is 0.319 e. The van der Waals surface area contributed by atoms with Gasteiger partial charge in [-0.3, -0.25) is 4.79 Å². The van der Waals surface area contributed by atoms with E-state index in [-0.39, 0.29) is 12.5 Å². The Balaban J connectivity index is 0.000000226. The van der Waals surface area contributed by atoms with E-state index >= 15 is 0 Å². The molecule has 0 spiro atoms. The van der Waals surface area contributed by atoms with Crippen LogP contribution in [0.4, 0.5) is 0 Å². The molecule has 5 heteroatoms. The van der Waals surface area contributed by atoms with Gasteiger partial charge in [0.25, 0.3) is 0 Å². The Morgan fingerprint density at radius 3 is 2.46 bits per heavy atom. The number of esters is 1. The average Bonchev–Trinajstić information content (AvgIpc) is 2.70. The van der Waals surface area contributed by atoms with Gasteiger partial charge in [-0.1, -0.05) is 0 Å². The summed E-state index contributed by atoms with van der Waals surface area (Å²) in [7, 11) is 3.02. The van der Waals surface area contributed by atoms with Crippen LogP contribution in [0, 0.1) is 0 Å². The van der Waals surface area contributed by atoms with Crippen molar-refractivity contribution >= 4 is 5.97 Å². The summed E-state index contributed by atoms with van der Waals surface area (Å²) in [6, 6.07) is 0. The molecule has 1 heterocycles. The summed E-state index contributed by atoms with van der Waals surface area (Å²) >= 11 is 0. The second-order valence-electron chi connectivity index (χ2n) is 2.50. The molecule has 13 heavy (non-hydrogen) atoms. The zero-order chi connectivity index (χ0) is 10.1. The lowest BCUT2D eigenvalue weighted by Crippen LogP contribution is -2.14. The molecule has 1 fully saturated rings. The number of rotatable bonds is 2. The van der Waals surface area contributed by atoms with Crippen LogP contribution in [0.15, 0.2) is 0 Å². The van der Waals surface area contributed by atoms with Crippen LogP contribution in [0.5, 0.6) is 0 Å². The van der Waals surface area contributed by atoms with Crippen molar-refractivity contribution in [3.63, 3.8) is 0 Å². The summed E-state index contributed by atoms with van der Waals surface area (Å²) < 4.78 is 14.1. The van der Waals surface area contributed by atoms with Crippen molar-refractivity contribution in [2.45, 2.75) is 12.5 Å². The number of carbonyl (C=O) groups is 1.